The molecule has 3 heterocycles. The van der Waals surface area contributed by atoms with Gasteiger partial charge in [-0.15, -0.1) is 11.3 Å². The molecule has 0 spiro atoms. The summed E-state index contributed by atoms with van der Waals surface area (Å²) < 4.78 is 7.64. The van der Waals surface area contributed by atoms with Crippen molar-refractivity contribution in [2.45, 2.75) is 38.3 Å². The van der Waals surface area contributed by atoms with E-state index in [9.17, 15) is 4.79 Å². The molecular formula is C17H21N3O2S. The quantitative estimate of drug-likeness (QED) is 0.885. The van der Waals surface area contributed by atoms with Gasteiger partial charge in [0.15, 0.2) is 0 Å². The van der Waals surface area contributed by atoms with Gasteiger partial charge in [-0.3, -0.25) is 9.48 Å². The molecule has 1 atom stereocenters. The maximum atomic E-state index is 12.4. The zero-order chi connectivity index (χ0) is 15.7. The van der Waals surface area contributed by atoms with Crippen molar-refractivity contribution in [2.24, 2.45) is 5.41 Å². The Balaban J connectivity index is 1.33. The highest BCUT2D eigenvalue weighted by molar-refractivity contribution is 7.14. The molecule has 0 unspecified atom stereocenters. The van der Waals surface area contributed by atoms with E-state index < -0.39 is 0 Å². The monoisotopic (exact) mass is 331 g/mol. The van der Waals surface area contributed by atoms with Crippen molar-refractivity contribution in [1.82, 2.24) is 15.1 Å². The van der Waals surface area contributed by atoms with Gasteiger partial charge in [-0.25, -0.2) is 0 Å². The zero-order valence-electron chi connectivity index (χ0n) is 13.0. The highest BCUT2D eigenvalue weighted by Crippen LogP contribution is 2.46. The average Bonchev–Trinajstić information content (AvgIpc) is 3.08. The number of nitrogens with zero attached hydrogens (tertiary/aromatic N) is 2. The first-order valence-corrected chi connectivity index (χ1v) is 9.03. The van der Waals surface area contributed by atoms with Crippen molar-refractivity contribution >= 4 is 17.2 Å². The third-order valence-electron chi connectivity index (χ3n) is 4.74. The Bertz CT molecular complexity index is 670. The summed E-state index contributed by atoms with van der Waals surface area (Å²) in [7, 11) is 0. The molecule has 6 heteroatoms. The molecule has 122 valence electrons. The number of thiophene rings is 1. The van der Waals surface area contributed by atoms with Gasteiger partial charge in [0.05, 0.1) is 11.0 Å². The summed E-state index contributed by atoms with van der Waals surface area (Å²) in [6, 6.07) is 5.89. The Labute approximate surface area is 139 Å². The van der Waals surface area contributed by atoms with Crippen LogP contribution in [0.1, 0.15) is 46.3 Å². The fourth-order valence-electron chi connectivity index (χ4n) is 3.11. The van der Waals surface area contributed by atoms with Gasteiger partial charge in [0.25, 0.3) is 5.91 Å². The first-order chi connectivity index (χ1) is 11.2. The normalized spacial score (nSPS) is 22.2. The van der Waals surface area contributed by atoms with E-state index in [1.54, 1.807) is 17.5 Å². The van der Waals surface area contributed by atoms with Crippen LogP contribution in [0.15, 0.2) is 30.6 Å². The number of hydrogen-bond acceptors (Lipinski definition) is 4. The van der Waals surface area contributed by atoms with Crippen LogP contribution in [0.3, 0.4) is 0 Å². The molecule has 1 saturated carbocycles. The largest absolute Gasteiger partial charge is 0.373 e. The van der Waals surface area contributed by atoms with Crippen LogP contribution < -0.4 is 5.32 Å². The van der Waals surface area contributed by atoms with Gasteiger partial charge >= 0.3 is 0 Å². The first kappa shape index (κ1) is 14.9. The van der Waals surface area contributed by atoms with Gasteiger partial charge in [0, 0.05) is 42.4 Å². The first-order valence-electron chi connectivity index (χ1n) is 8.21. The highest BCUT2D eigenvalue weighted by Gasteiger charge is 2.43. The molecule has 2 fully saturated rings. The minimum atomic E-state index is 0.0333. The third-order valence-corrected chi connectivity index (χ3v) is 5.91. The number of carbonyl (C=O) groups is 1. The number of carbonyl (C=O) groups excluding carboxylic acids is 1. The lowest BCUT2D eigenvalue weighted by Crippen LogP contribution is -2.32. The molecule has 1 aliphatic heterocycles. The van der Waals surface area contributed by atoms with Crippen LogP contribution in [0.5, 0.6) is 0 Å². The van der Waals surface area contributed by atoms with Crippen molar-refractivity contribution in [1.29, 1.82) is 0 Å². The Morgan fingerprint density at radius 3 is 3.09 bits per heavy atom. The van der Waals surface area contributed by atoms with Crippen LogP contribution in [-0.2, 0) is 11.3 Å². The molecular weight excluding hydrogens is 310 g/mol. The maximum absolute atomic E-state index is 12.4. The van der Waals surface area contributed by atoms with E-state index in [0.717, 1.165) is 50.3 Å². The topological polar surface area (TPSA) is 56.2 Å². The molecule has 1 N–H and O–H groups in total. The molecule has 23 heavy (non-hydrogen) atoms. The molecule has 4 rings (SSSR count). The summed E-state index contributed by atoms with van der Waals surface area (Å²) in [5, 5.41) is 7.37. The Kier molecular flexibility index (Phi) is 3.95. The summed E-state index contributed by atoms with van der Waals surface area (Å²) in [4.78, 5) is 14.3. The van der Waals surface area contributed by atoms with Crippen LogP contribution in [0.2, 0.25) is 0 Å². The third kappa shape index (κ3) is 3.33. The van der Waals surface area contributed by atoms with Crippen molar-refractivity contribution in [2.75, 3.05) is 13.2 Å². The minimum Gasteiger partial charge on any atom is -0.373 e. The molecule has 0 aromatic carbocycles. The van der Waals surface area contributed by atoms with E-state index >= 15 is 0 Å². The summed E-state index contributed by atoms with van der Waals surface area (Å²) in [6.07, 6.45) is 8.45. The van der Waals surface area contributed by atoms with E-state index in [1.807, 2.05) is 29.1 Å². The van der Waals surface area contributed by atoms with Crippen molar-refractivity contribution < 1.29 is 9.53 Å². The molecule has 1 saturated heterocycles. The van der Waals surface area contributed by atoms with Gasteiger partial charge in [-0.1, -0.05) is 0 Å². The molecule has 5 nitrogen and oxygen atoms in total. The molecule has 2 aromatic rings. The fraction of sp³-hybridized carbons (Fsp3) is 0.529. The standard InChI is InChI=1S/C17H21N3O2S/c21-16(15-5-4-14(23-15)13-3-1-10-22-13)18-11-17(6-7-17)12-20-9-2-8-19-20/h2,4-5,8-9,13H,1,3,6-7,10-12H2,(H,18,21)/t13-/m0/s1. The summed E-state index contributed by atoms with van der Waals surface area (Å²) in [5.41, 5.74) is 0.191. The molecule has 1 amide bonds. The van der Waals surface area contributed by atoms with E-state index in [0.29, 0.717) is 0 Å². The number of rotatable bonds is 6. The summed E-state index contributed by atoms with van der Waals surface area (Å²) >= 11 is 1.56. The lowest BCUT2D eigenvalue weighted by Gasteiger charge is -2.15. The van der Waals surface area contributed by atoms with Gasteiger partial charge < -0.3 is 10.1 Å². The van der Waals surface area contributed by atoms with Crippen molar-refractivity contribution in [3.8, 4) is 0 Å². The second-order valence-corrected chi connectivity index (χ2v) is 7.71. The predicted molar refractivity (Wildman–Crippen MR) is 88.5 cm³/mol. The Morgan fingerprint density at radius 1 is 1.48 bits per heavy atom. The number of hydrogen-bond donors (Lipinski definition) is 1. The predicted octanol–water partition coefficient (Wildman–Crippen LogP) is 3.01. The Morgan fingerprint density at radius 2 is 2.39 bits per heavy atom. The average molecular weight is 331 g/mol. The van der Waals surface area contributed by atoms with Crippen molar-refractivity contribution in [3.63, 3.8) is 0 Å². The molecule has 2 aromatic heterocycles. The highest BCUT2D eigenvalue weighted by atomic mass is 32.1. The number of amides is 1. The van der Waals surface area contributed by atoms with Gasteiger partial charge in [-0.05, 0) is 43.9 Å². The van der Waals surface area contributed by atoms with Crippen LogP contribution in [0.4, 0.5) is 0 Å². The second-order valence-electron chi connectivity index (χ2n) is 6.59. The summed E-state index contributed by atoms with van der Waals surface area (Å²) in [5.74, 6) is 0.0333. The van der Waals surface area contributed by atoms with Crippen LogP contribution in [0.25, 0.3) is 0 Å². The van der Waals surface area contributed by atoms with Crippen molar-refractivity contribution in [3.05, 3.63) is 40.3 Å². The van der Waals surface area contributed by atoms with E-state index in [1.165, 1.54) is 4.88 Å². The Hall–Kier alpha value is -1.66. The lowest BCUT2D eigenvalue weighted by atomic mass is 10.1. The SMILES string of the molecule is O=C(NCC1(Cn2cccn2)CC1)c1ccc([C@@H]2CCCO2)s1. The number of aromatic nitrogens is 2. The maximum Gasteiger partial charge on any atom is 0.261 e. The molecule has 1 aliphatic carbocycles. The minimum absolute atomic E-state index is 0.0333. The lowest BCUT2D eigenvalue weighted by molar-refractivity contribution is 0.0946. The molecule has 2 aliphatic rings. The smallest absolute Gasteiger partial charge is 0.261 e. The van der Waals surface area contributed by atoms with Crippen LogP contribution in [0, 0.1) is 5.41 Å². The number of ether oxygens (including phenoxy) is 1. The second kappa shape index (κ2) is 6.09. The van der Waals surface area contributed by atoms with E-state index in [2.05, 4.69) is 10.4 Å². The molecule has 0 radical (unpaired) electrons. The number of nitrogens with one attached hydrogen (secondary N) is 1. The van der Waals surface area contributed by atoms with E-state index in [-0.39, 0.29) is 17.4 Å². The summed E-state index contributed by atoms with van der Waals surface area (Å²) in [6.45, 7) is 2.44. The van der Waals surface area contributed by atoms with Crippen LogP contribution in [-0.4, -0.2) is 28.8 Å². The van der Waals surface area contributed by atoms with E-state index in [4.69, 9.17) is 4.74 Å². The zero-order valence-corrected chi connectivity index (χ0v) is 13.8. The van der Waals surface area contributed by atoms with Gasteiger partial charge in [0.2, 0.25) is 0 Å². The van der Waals surface area contributed by atoms with Gasteiger partial charge in [-0.2, -0.15) is 5.10 Å². The molecule has 0 bridgehead atoms. The van der Waals surface area contributed by atoms with Gasteiger partial charge in [0.1, 0.15) is 0 Å². The fourth-order valence-corrected chi connectivity index (χ4v) is 4.12. The van der Waals surface area contributed by atoms with Crippen LogP contribution >= 0.6 is 11.3 Å².